The van der Waals surface area contributed by atoms with Crippen LogP contribution in [0.5, 0.6) is 11.5 Å². The molecule has 0 bridgehead atoms. The van der Waals surface area contributed by atoms with Gasteiger partial charge in [-0.2, -0.15) is 0 Å². The smallest absolute Gasteiger partial charge is 0.276 e. The van der Waals surface area contributed by atoms with E-state index < -0.39 is 11.8 Å². The summed E-state index contributed by atoms with van der Waals surface area (Å²) in [5.74, 6) is -0.407. The van der Waals surface area contributed by atoms with Crippen LogP contribution in [0.2, 0.25) is 10.0 Å². The number of hydrazine groups is 1. The molecule has 0 spiro atoms. The Labute approximate surface area is 168 Å². The number of amides is 2. The van der Waals surface area contributed by atoms with Gasteiger partial charge in [-0.25, -0.2) is 0 Å². The molecule has 0 aliphatic rings. The maximum absolute atomic E-state index is 12.2. The van der Waals surface area contributed by atoms with Crippen LogP contribution in [0.15, 0.2) is 34.8 Å². The van der Waals surface area contributed by atoms with Crippen LogP contribution in [0, 0.1) is 6.92 Å². The lowest BCUT2D eigenvalue weighted by Crippen LogP contribution is -2.44. The molecular weight excluding hydrogens is 447 g/mol. The number of rotatable bonds is 5. The Morgan fingerprint density at radius 3 is 2.54 bits per heavy atom. The van der Waals surface area contributed by atoms with Crippen LogP contribution in [-0.4, -0.2) is 25.5 Å². The van der Waals surface area contributed by atoms with Crippen molar-refractivity contribution in [3.63, 3.8) is 0 Å². The van der Waals surface area contributed by atoms with E-state index in [0.29, 0.717) is 21.5 Å². The Hall–Kier alpha value is -1.96. The Bertz CT molecular complexity index is 823. The van der Waals surface area contributed by atoms with E-state index >= 15 is 0 Å². The largest absolute Gasteiger partial charge is 0.496 e. The standard InChI is InChI=1S/C17H15BrCl2N2O4/c1-9-5-10(18)6-13(20)16(9)26-8-15(23)21-22-17(24)12-7-11(19)3-4-14(12)25-2/h3-7H,8H2,1-2H3,(H,21,23)(H,22,24). The van der Waals surface area contributed by atoms with Gasteiger partial charge in [0, 0.05) is 9.50 Å². The maximum Gasteiger partial charge on any atom is 0.276 e. The highest BCUT2D eigenvalue weighted by Crippen LogP contribution is 2.31. The van der Waals surface area contributed by atoms with Crippen LogP contribution in [0.4, 0.5) is 0 Å². The van der Waals surface area contributed by atoms with E-state index in [0.717, 1.165) is 10.0 Å². The highest BCUT2D eigenvalue weighted by molar-refractivity contribution is 9.10. The van der Waals surface area contributed by atoms with Gasteiger partial charge in [0.25, 0.3) is 11.8 Å². The predicted molar refractivity (Wildman–Crippen MR) is 103 cm³/mol. The van der Waals surface area contributed by atoms with Crippen molar-refractivity contribution in [3.05, 3.63) is 56.0 Å². The molecule has 0 saturated heterocycles. The molecule has 0 aliphatic heterocycles. The number of carbonyl (C=O) groups excluding carboxylic acids is 2. The second-order valence-corrected chi connectivity index (χ2v) is 6.93. The fourth-order valence-corrected chi connectivity index (χ4v) is 3.29. The number of ether oxygens (including phenoxy) is 2. The minimum absolute atomic E-state index is 0.188. The van der Waals surface area contributed by atoms with E-state index in [2.05, 4.69) is 26.8 Å². The van der Waals surface area contributed by atoms with Crippen LogP contribution < -0.4 is 20.3 Å². The minimum Gasteiger partial charge on any atom is -0.496 e. The van der Waals surface area contributed by atoms with Gasteiger partial charge in [0.1, 0.15) is 11.5 Å². The van der Waals surface area contributed by atoms with E-state index in [1.165, 1.54) is 13.2 Å². The first-order valence-corrected chi connectivity index (χ1v) is 8.88. The molecule has 0 fully saturated rings. The summed E-state index contributed by atoms with van der Waals surface area (Å²) in [6.45, 7) is 1.48. The summed E-state index contributed by atoms with van der Waals surface area (Å²) >= 11 is 15.3. The molecule has 2 aromatic carbocycles. The van der Waals surface area contributed by atoms with Crippen molar-refractivity contribution in [2.75, 3.05) is 13.7 Å². The Morgan fingerprint density at radius 1 is 1.15 bits per heavy atom. The highest BCUT2D eigenvalue weighted by atomic mass is 79.9. The zero-order valence-corrected chi connectivity index (χ0v) is 17.0. The molecule has 0 unspecified atom stereocenters. The molecule has 0 saturated carbocycles. The molecule has 6 nitrogen and oxygen atoms in total. The first kappa shape index (κ1) is 20.4. The monoisotopic (exact) mass is 460 g/mol. The molecule has 2 aromatic rings. The van der Waals surface area contributed by atoms with Gasteiger partial charge in [-0.05, 0) is 42.8 Å². The van der Waals surface area contributed by atoms with Crippen molar-refractivity contribution in [1.29, 1.82) is 0 Å². The van der Waals surface area contributed by atoms with Crippen molar-refractivity contribution in [1.82, 2.24) is 10.9 Å². The Kier molecular flexibility index (Phi) is 7.14. The normalized spacial score (nSPS) is 10.2. The molecule has 26 heavy (non-hydrogen) atoms. The van der Waals surface area contributed by atoms with E-state index in [9.17, 15) is 9.59 Å². The lowest BCUT2D eigenvalue weighted by Gasteiger charge is -2.13. The SMILES string of the molecule is COc1ccc(Cl)cc1C(=O)NNC(=O)COc1c(C)cc(Br)cc1Cl. The average Bonchev–Trinajstić information content (AvgIpc) is 2.58. The number of hydrogen-bond acceptors (Lipinski definition) is 4. The van der Waals surface area contributed by atoms with Gasteiger partial charge >= 0.3 is 0 Å². The third-order valence-electron chi connectivity index (χ3n) is 3.26. The molecule has 0 atom stereocenters. The van der Waals surface area contributed by atoms with Crippen molar-refractivity contribution < 1.29 is 19.1 Å². The summed E-state index contributed by atoms with van der Waals surface area (Å²) < 4.78 is 11.3. The average molecular weight is 462 g/mol. The molecule has 2 N–H and O–H groups in total. The fraction of sp³-hybridized carbons (Fsp3) is 0.176. The predicted octanol–water partition coefficient (Wildman–Crippen LogP) is 3.91. The summed E-state index contributed by atoms with van der Waals surface area (Å²) in [6.07, 6.45) is 0. The summed E-state index contributed by atoms with van der Waals surface area (Å²) in [5.41, 5.74) is 5.49. The van der Waals surface area contributed by atoms with Crippen LogP contribution in [0.1, 0.15) is 15.9 Å². The van der Waals surface area contributed by atoms with Crippen LogP contribution in [-0.2, 0) is 4.79 Å². The summed E-state index contributed by atoms with van der Waals surface area (Å²) in [4.78, 5) is 24.1. The highest BCUT2D eigenvalue weighted by Gasteiger charge is 2.15. The molecule has 9 heteroatoms. The van der Waals surface area contributed by atoms with Crippen LogP contribution >= 0.6 is 39.1 Å². The molecule has 0 heterocycles. The topological polar surface area (TPSA) is 76.7 Å². The van der Waals surface area contributed by atoms with Crippen molar-refractivity contribution in [2.24, 2.45) is 0 Å². The fourth-order valence-electron chi connectivity index (χ4n) is 2.10. The van der Waals surface area contributed by atoms with Crippen molar-refractivity contribution in [3.8, 4) is 11.5 Å². The number of methoxy groups -OCH3 is 1. The van der Waals surface area contributed by atoms with Crippen LogP contribution in [0.3, 0.4) is 0 Å². The molecule has 2 amide bonds. The minimum atomic E-state index is -0.574. The second kappa shape index (κ2) is 9.12. The number of carbonyl (C=O) groups is 2. The quantitative estimate of drug-likeness (QED) is 0.661. The van der Waals surface area contributed by atoms with Gasteiger partial charge in [0.05, 0.1) is 17.7 Å². The van der Waals surface area contributed by atoms with Gasteiger partial charge in [-0.3, -0.25) is 20.4 Å². The Morgan fingerprint density at radius 2 is 1.88 bits per heavy atom. The molecule has 2 rings (SSSR count). The van der Waals surface area contributed by atoms with Gasteiger partial charge in [-0.1, -0.05) is 39.1 Å². The van der Waals surface area contributed by atoms with Crippen molar-refractivity contribution >= 4 is 50.9 Å². The summed E-state index contributed by atoms with van der Waals surface area (Å²) in [5, 5.41) is 0.739. The molecule has 138 valence electrons. The van der Waals surface area contributed by atoms with E-state index in [-0.39, 0.29) is 12.2 Å². The van der Waals surface area contributed by atoms with E-state index in [1.807, 2.05) is 6.07 Å². The number of hydrogen-bond donors (Lipinski definition) is 2. The van der Waals surface area contributed by atoms with Crippen molar-refractivity contribution in [2.45, 2.75) is 6.92 Å². The number of aryl methyl sites for hydroxylation is 1. The number of nitrogens with one attached hydrogen (secondary N) is 2. The van der Waals surface area contributed by atoms with Crippen LogP contribution in [0.25, 0.3) is 0 Å². The van der Waals surface area contributed by atoms with Gasteiger partial charge in [0.15, 0.2) is 6.61 Å². The molecule has 0 aromatic heterocycles. The zero-order valence-electron chi connectivity index (χ0n) is 13.9. The molecule has 0 aliphatic carbocycles. The van der Waals surface area contributed by atoms with Gasteiger partial charge < -0.3 is 9.47 Å². The van der Waals surface area contributed by atoms with E-state index in [1.54, 1.807) is 25.1 Å². The first-order chi connectivity index (χ1) is 12.3. The second-order valence-electron chi connectivity index (χ2n) is 5.17. The summed E-state index contributed by atoms with van der Waals surface area (Å²) in [7, 11) is 1.43. The molecular formula is C17H15BrCl2N2O4. The molecule has 0 radical (unpaired) electrons. The maximum atomic E-state index is 12.2. The first-order valence-electron chi connectivity index (χ1n) is 7.33. The lowest BCUT2D eigenvalue weighted by atomic mass is 10.2. The number of benzene rings is 2. The summed E-state index contributed by atoms with van der Waals surface area (Å²) in [6, 6.07) is 8.05. The third-order valence-corrected chi connectivity index (χ3v) is 4.24. The Balaban J connectivity index is 1.93. The van der Waals surface area contributed by atoms with Gasteiger partial charge in [-0.15, -0.1) is 0 Å². The number of halogens is 3. The lowest BCUT2D eigenvalue weighted by molar-refractivity contribution is -0.123. The van der Waals surface area contributed by atoms with E-state index in [4.69, 9.17) is 32.7 Å². The third kappa shape index (κ3) is 5.27. The van der Waals surface area contributed by atoms with Gasteiger partial charge in [0.2, 0.25) is 0 Å². The zero-order chi connectivity index (χ0) is 19.3.